The fraction of sp³-hybridized carbons (Fsp3) is 0.476. The Morgan fingerprint density at radius 2 is 2.00 bits per heavy atom. The number of rotatable bonds is 4. The van der Waals surface area contributed by atoms with Crippen molar-refractivity contribution in [2.75, 3.05) is 25.0 Å². The summed E-state index contributed by atoms with van der Waals surface area (Å²) in [6.45, 7) is 1.57. The molecule has 0 unspecified atom stereocenters. The van der Waals surface area contributed by atoms with E-state index in [-0.39, 0.29) is 24.0 Å². The fourth-order valence-corrected chi connectivity index (χ4v) is 4.01. The van der Waals surface area contributed by atoms with Crippen LogP contribution in [-0.2, 0) is 6.18 Å². The van der Waals surface area contributed by atoms with Crippen LogP contribution in [0.25, 0.3) is 0 Å². The quantitative estimate of drug-likeness (QED) is 0.822. The number of anilines is 1. The zero-order chi connectivity index (χ0) is 21.3. The maximum absolute atomic E-state index is 12.7. The highest BCUT2D eigenvalue weighted by atomic mass is 19.4. The lowest BCUT2D eigenvalue weighted by Crippen LogP contribution is -2.52. The fourth-order valence-electron chi connectivity index (χ4n) is 4.01. The molecular formula is C21H24F3N5O. The number of hydrogen-bond donors (Lipinski definition) is 1. The van der Waals surface area contributed by atoms with Gasteiger partial charge in [-0.2, -0.15) is 18.3 Å². The molecule has 2 aromatic rings. The Hall–Kier alpha value is -2.84. The van der Waals surface area contributed by atoms with E-state index in [1.165, 1.54) is 12.1 Å². The predicted octanol–water partition coefficient (Wildman–Crippen LogP) is 3.66. The van der Waals surface area contributed by atoms with Crippen LogP contribution < -0.4 is 10.2 Å². The summed E-state index contributed by atoms with van der Waals surface area (Å²) in [5, 5.41) is 11.1. The van der Waals surface area contributed by atoms with Crippen molar-refractivity contribution in [3.63, 3.8) is 0 Å². The van der Waals surface area contributed by atoms with Gasteiger partial charge in [0.25, 0.3) is 0 Å². The van der Waals surface area contributed by atoms with Gasteiger partial charge >= 0.3 is 12.2 Å². The minimum absolute atomic E-state index is 0.0450. The van der Waals surface area contributed by atoms with Crippen molar-refractivity contribution in [1.29, 1.82) is 0 Å². The first-order valence-corrected chi connectivity index (χ1v) is 10.1. The Kier molecular flexibility index (Phi) is 5.53. The molecule has 1 aliphatic heterocycles. The topological polar surface area (TPSA) is 61.4 Å². The zero-order valence-electron chi connectivity index (χ0n) is 16.6. The van der Waals surface area contributed by atoms with E-state index in [2.05, 4.69) is 20.4 Å². The molecule has 1 aliphatic carbocycles. The maximum atomic E-state index is 12.7. The molecule has 2 heterocycles. The normalized spacial score (nSPS) is 23.7. The first-order chi connectivity index (χ1) is 14.3. The van der Waals surface area contributed by atoms with Gasteiger partial charge in [0.15, 0.2) is 5.82 Å². The Morgan fingerprint density at radius 3 is 2.67 bits per heavy atom. The van der Waals surface area contributed by atoms with Gasteiger partial charge in [-0.3, -0.25) is 0 Å². The van der Waals surface area contributed by atoms with E-state index in [4.69, 9.17) is 0 Å². The largest absolute Gasteiger partial charge is 0.416 e. The standard InChI is InChI=1S/C21H24F3N5O/c1-28(16-4-3-11-29(13-16)19-5-2-10-25-27-19)20(30)26-18-12-17(18)14-6-8-15(9-7-14)21(22,23)24/h2,5-10,16-18H,3-4,11-13H2,1H3,(H,26,30)/t16-,17+,18-/m1/s1. The highest BCUT2D eigenvalue weighted by molar-refractivity contribution is 5.75. The number of nitrogens with one attached hydrogen (secondary N) is 1. The van der Waals surface area contributed by atoms with E-state index in [9.17, 15) is 18.0 Å². The van der Waals surface area contributed by atoms with Crippen LogP contribution in [0.1, 0.15) is 36.3 Å². The summed E-state index contributed by atoms with van der Waals surface area (Å²) in [6.07, 6.45) is -0.101. The molecule has 1 N–H and O–H groups in total. The summed E-state index contributed by atoms with van der Waals surface area (Å²) in [7, 11) is 1.79. The van der Waals surface area contributed by atoms with Crippen molar-refractivity contribution in [3.8, 4) is 0 Å². The van der Waals surface area contributed by atoms with E-state index in [1.807, 2.05) is 12.1 Å². The van der Waals surface area contributed by atoms with Crippen molar-refractivity contribution in [1.82, 2.24) is 20.4 Å². The lowest BCUT2D eigenvalue weighted by Gasteiger charge is -2.38. The summed E-state index contributed by atoms with van der Waals surface area (Å²) in [6, 6.07) is 8.82. The van der Waals surface area contributed by atoms with Crippen LogP contribution in [0.2, 0.25) is 0 Å². The molecule has 0 bridgehead atoms. The Morgan fingerprint density at radius 1 is 1.23 bits per heavy atom. The van der Waals surface area contributed by atoms with Crippen molar-refractivity contribution >= 4 is 11.8 Å². The molecule has 6 nitrogen and oxygen atoms in total. The molecular weight excluding hydrogens is 395 g/mol. The molecule has 2 amide bonds. The summed E-state index contributed by atoms with van der Waals surface area (Å²) in [4.78, 5) is 16.6. The first kappa shape index (κ1) is 20.4. The average molecular weight is 419 g/mol. The van der Waals surface area contributed by atoms with E-state index < -0.39 is 11.7 Å². The molecule has 0 radical (unpaired) electrons. The van der Waals surface area contributed by atoms with Crippen molar-refractivity contribution in [2.45, 2.75) is 43.4 Å². The van der Waals surface area contributed by atoms with Crippen LogP contribution in [0.15, 0.2) is 42.6 Å². The number of aromatic nitrogens is 2. The van der Waals surface area contributed by atoms with Gasteiger partial charge in [-0.1, -0.05) is 12.1 Å². The van der Waals surface area contributed by atoms with Gasteiger partial charge in [0.1, 0.15) is 0 Å². The molecule has 9 heteroatoms. The molecule has 1 aromatic heterocycles. The number of hydrogen-bond acceptors (Lipinski definition) is 4. The number of likely N-dealkylation sites (N-methyl/N-ethyl adjacent to an activating group) is 1. The smallest absolute Gasteiger partial charge is 0.353 e. The number of nitrogens with zero attached hydrogens (tertiary/aromatic N) is 4. The lowest BCUT2D eigenvalue weighted by atomic mass is 10.0. The Bertz CT molecular complexity index is 874. The molecule has 1 aromatic carbocycles. The third-order valence-electron chi connectivity index (χ3n) is 5.91. The van der Waals surface area contributed by atoms with Crippen LogP contribution in [0.3, 0.4) is 0 Å². The number of alkyl halides is 3. The number of carbonyl (C=O) groups excluding carboxylic acids is 1. The number of piperidine rings is 1. The van der Waals surface area contributed by atoms with Crippen LogP contribution in [0, 0.1) is 0 Å². The molecule has 4 rings (SSSR count). The van der Waals surface area contributed by atoms with Gasteiger partial charge in [-0.25, -0.2) is 4.79 Å². The zero-order valence-corrected chi connectivity index (χ0v) is 16.6. The second kappa shape index (κ2) is 8.12. The van der Waals surface area contributed by atoms with E-state index in [0.29, 0.717) is 6.54 Å². The van der Waals surface area contributed by atoms with Crippen LogP contribution in [0.5, 0.6) is 0 Å². The number of amides is 2. The number of carbonyl (C=O) groups is 1. The summed E-state index contributed by atoms with van der Waals surface area (Å²) < 4.78 is 38.1. The molecule has 1 saturated carbocycles. The molecule has 160 valence electrons. The predicted molar refractivity (Wildman–Crippen MR) is 106 cm³/mol. The SMILES string of the molecule is CN(C(=O)N[C@@H]1C[C@H]1c1ccc(C(F)(F)F)cc1)[C@@H]1CCCN(c2cccnn2)C1. The lowest BCUT2D eigenvalue weighted by molar-refractivity contribution is -0.137. The molecule has 1 saturated heterocycles. The van der Waals surface area contributed by atoms with Crippen molar-refractivity contribution in [2.24, 2.45) is 0 Å². The number of halogens is 3. The van der Waals surface area contributed by atoms with Gasteiger partial charge in [0.05, 0.1) is 11.6 Å². The third kappa shape index (κ3) is 4.49. The summed E-state index contributed by atoms with van der Waals surface area (Å²) in [5.41, 5.74) is 0.166. The van der Waals surface area contributed by atoms with Crippen LogP contribution in [0.4, 0.5) is 23.8 Å². The second-order valence-corrected chi connectivity index (χ2v) is 7.95. The van der Waals surface area contributed by atoms with E-state index in [1.54, 1.807) is 18.1 Å². The Labute approximate surface area is 173 Å². The first-order valence-electron chi connectivity index (χ1n) is 10.1. The second-order valence-electron chi connectivity index (χ2n) is 7.95. The third-order valence-corrected chi connectivity index (χ3v) is 5.91. The Balaban J connectivity index is 1.31. The number of benzene rings is 1. The monoisotopic (exact) mass is 419 g/mol. The molecule has 2 fully saturated rings. The minimum atomic E-state index is -4.34. The summed E-state index contributed by atoms with van der Waals surface area (Å²) >= 11 is 0. The molecule has 30 heavy (non-hydrogen) atoms. The van der Waals surface area contributed by atoms with E-state index >= 15 is 0 Å². The van der Waals surface area contributed by atoms with Crippen LogP contribution >= 0.6 is 0 Å². The van der Waals surface area contributed by atoms with Crippen molar-refractivity contribution in [3.05, 3.63) is 53.7 Å². The van der Waals surface area contributed by atoms with Gasteiger partial charge in [-0.05, 0) is 49.1 Å². The molecule has 3 atom stereocenters. The minimum Gasteiger partial charge on any atom is -0.353 e. The summed E-state index contributed by atoms with van der Waals surface area (Å²) in [5.74, 6) is 0.868. The average Bonchev–Trinajstić information content (AvgIpc) is 3.52. The maximum Gasteiger partial charge on any atom is 0.416 e. The highest BCUT2D eigenvalue weighted by Crippen LogP contribution is 2.42. The number of urea groups is 1. The molecule has 0 spiro atoms. The van der Waals surface area contributed by atoms with Gasteiger partial charge in [0.2, 0.25) is 0 Å². The molecule has 2 aliphatic rings. The highest BCUT2D eigenvalue weighted by Gasteiger charge is 2.41. The van der Waals surface area contributed by atoms with Crippen LogP contribution in [-0.4, -0.2) is 53.3 Å². The van der Waals surface area contributed by atoms with Gasteiger partial charge in [-0.15, -0.1) is 5.10 Å². The van der Waals surface area contributed by atoms with Gasteiger partial charge < -0.3 is 15.1 Å². The van der Waals surface area contributed by atoms with Gasteiger partial charge in [0, 0.05) is 38.3 Å². The van der Waals surface area contributed by atoms with E-state index in [0.717, 1.165) is 49.3 Å². The van der Waals surface area contributed by atoms with Crippen molar-refractivity contribution < 1.29 is 18.0 Å².